The molecule has 0 aromatic rings. The van der Waals surface area contributed by atoms with Crippen LogP contribution in [0.1, 0.15) is 0 Å². The molecule has 1 radical (unpaired) electrons. The highest BCUT2D eigenvalue weighted by Crippen LogP contribution is 2.13. The van der Waals surface area contributed by atoms with Crippen molar-refractivity contribution < 1.29 is 10.2 Å². The molecule has 1 saturated heterocycles. The zero-order valence-electron chi connectivity index (χ0n) is 7.22. The normalized spacial score (nSPS) is 39.4. The van der Waals surface area contributed by atoms with E-state index in [2.05, 4.69) is 11.4 Å². The highest BCUT2D eigenvalue weighted by Gasteiger charge is 2.32. The highest BCUT2D eigenvalue weighted by atomic mass is 16.3. The number of aliphatic hydroxyl groups is 2. The SMILES string of the molecule is O[C@H]1CN([C@H]2C=C[C]=CN2)C[C@@H]1O. The molecular weight excluding hydrogens is 168 g/mol. The molecule has 2 aliphatic rings. The van der Waals surface area contributed by atoms with Crippen LogP contribution in [0.25, 0.3) is 0 Å². The number of likely N-dealkylation sites (tertiary alicyclic amines) is 1. The topological polar surface area (TPSA) is 55.7 Å². The summed E-state index contributed by atoms with van der Waals surface area (Å²) in [5, 5.41) is 21.7. The Balaban J connectivity index is 1.95. The van der Waals surface area contributed by atoms with Crippen molar-refractivity contribution in [1.82, 2.24) is 10.2 Å². The summed E-state index contributed by atoms with van der Waals surface area (Å²) in [5.74, 6) is 0. The second-order valence-corrected chi connectivity index (χ2v) is 3.37. The van der Waals surface area contributed by atoms with E-state index >= 15 is 0 Å². The number of aliphatic hydroxyl groups excluding tert-OH is 2. The lowest BCUT2D eigenvalue weighted by Crippen LogP contribution is -2.42. The molecule has 13 heavy (non-hydrogen) atoms. The number of hydrogen-bond donors (Lipinski definition) is 3. The van der Waals surface area contributed by atoms with Gasteiger partial charge >= 0.3 is 0 Å². The Hall–Kier alpha value is -0.840. The standard InChI is InChI=1S/C9H13N2O2/c12-7-5-11(6-8(7)13)9-3-1-2-4-10-9/h1,3-4,7-10,12-13H,5-6H2/t7-,8-,9-/m0/s1. The van der Waals surface area contributed by atoms with Crippen LogP contribution in [0.5, 0.6) is 0 Å². The molecular formula is C9H13N2O2. The average molecular weight is 181 g/mol. The van der Waals surface area contributed by atoms with Crippen LogP contribution < -0.4 is 5.32 Å². The van der Waals surface area contributed by atoms with Gasteiger partial charge in [-0.3, -0.25) is 4.90 Å². The molecule has 1 fully saturated rings. The van der Waals surface area contributed by atoms with Crippen molar-refractivity contribution >= 4 is 0 Å². The predicted octanol–water partition coefficient (Wildman–Crippen LogP) is -1.17. The van der Waals surface area contributed by atoms with E-state index in [-0.39, 0.29) is 6.17 Å². The predicted molar refractivity (Wildman–Crippen MR) is 47.5 cm³/mol. The Bertz CT molecular complexity index is 230. The lowest BCUT2D eigenvalue weighted by atomic mass is 10.3. The van der Waals surface area contributed by atoms with Crippen molar-refractivity contribution in [3.63, 3.8) is 0 Å². The van der Waals surface area contributed by atoms with Gasteiger partial charge in [-0.05, 0) is 12.2 Å². The van der Waals surface area contributed by atoms with Crippen LogP contribution in [-0.2, 0) is 0 Å². The van der Waals surface area contributed by atoms with Crippen LogP contribution in [0.2, 0.25) is 0 Å². The molecule has 4 nitrogen and oxygen atoms in total. The van der Waals surface area contributed by atoms with Gasteiger partial charge in [-0.15, -0.1) is 0 Å². The molecule has 0 amide bonds. The molecule has 0 saturated carbocycles. The van der Waals surface area contributed by atoms with Gasteiger partial charge in [-0.2, -0.15) is 0 Å². The maximum Gasteiger partial charge on any atom is 0.0987 e. The van der Waals surface area contributed by atoms with Gasteiger partial charge in [0.2, 0.25) is 0 Å². The molecule has 2 aliphatic heterocycles. The Kier molecular flexibility index (Phi) is 2.35. The van der Waals surface area contributed by atoms with E-state index in [1.165, 1.54) is 0 Å². The summed E-state index contributed by atoms with van der Waals surface area (Å²) in [6, 6.07) is 0. The van der Waals surface area contributed by atoms with Crippen LogP contribution in [0, 0.1) is 6.08 Å². The van der Waals surface area contributed by atoms with Crippen molar-refractivity contribution in [2.24, 2.45) is 0 Å². The van der Waals surface area contributed by atoms with Gasteiger partial charge in [-0.25, -0.2) is 0 Å². The number of nitrogens with zero attached hydrogens (tertiary/aromatic N) is 1. The van der Waals surface area contributed by atoms with Gasteiger partial charge < -0.3 is 15.5 Å². The molecule has 71 valence electrons. The summed E-state index contributed by atoms with van der Waals surface area (Å²) in [4.78, 5) is 1.99. The maximum atomic E-state index is 9.33. The van der Waals surface area contributed by atoms with Crippen LogP contribution in [0.15, 0.2) is 18.4 Å². The first-order valence-electron chi connectivity index (χ1n) is 4.38. The minimum atomic E-state index is -0.620. The average Bonchev–Trinajstić information content (AvgIpc) is 2.49. The van der Waals surface area contributed by atoms with E-state index in [0.29, 0.717) is 13.1 Å². The van der Waals surface area contributed by atoms with Gasteiger partial charge in [0.25, 0.3) is 0 Å². The fraction of sp³-hybridized carbons (Fsp3) is 0.556. The van der Waals surface area contributed by atoms with Gasteiger partial charge in [0.05, 0.1) is 18.4 Å². The third-order valence-corrected chi connectivity index (χ3v) is 2.39. The number of dihydropyridines is 1. The Morgan fingerprint density at radius 2 is 2.00 bits per heavy atom. The lowest BCUT2D eigenvalue weighted by Gasteiger charge is -2.25. The second-order valence-electron chi connectivity index (χ2n) is 3.37. The lowest BCUT2D eigenvalue weighted by molar-refractivity contribution is 0.0572. The number of β-amino-alcohol motifs (C(OH)–C–C–N with tert-alkyl or cyclic N) is 2. The fourth-order valence-corrected chi connectivity index (χ4v) is 1.64. The fourth-order valence-electron chi connectivity index (χ4n) is 1.64. The molecule has 3 N–H and O–H groups in total. The van der Waals surface area contributed by atoms with Gasteiger partial charge in [0.15, 0.2) is 0 Å². The van der Waals surface area contributed by atoms with E-state index in [4.69, 9.17) is 0 Å². The number of hydrogen-bond acceptors (Lipinski definition) is 4. The molecule has 2 heterocycles. The first kappa shape index (κ1) is 8.74. The summed E-state index contributed by atoms with van der Waals surface area (Å²) in [7, 11) is 0. The first-order valence-corrected chi connectivity index (χ1v) is 4.38. The molecule has 4 heteroatoms. The van der Waals surface area contributed by atoms with E-state index < -0.39 is 12.2 Å². The minimum absolute atomic E-state index is 0.0769. The highest BCUT2D eigenvalue weighted by molar-refractivity contribution is 5.08. The van der Waals surface area contributed by atoms with Crippen LogP contribution in [-0.4, -0.2) is 46.6 Å². The Morgan fingerprint density at radius 1 is 1.31 bits per heavy atom. The third-order valence-electron chi connectivity index (χ3n) is 2.39. The van der Waals surface area contributed by atoms with E-state index in [1.54, 1.807) is 6.20 Å². The van der Waals surface area contributed by atoms with E-state index in [1.807, 2.05) is 17.1 Å². The summed E-state index contributed by atoms with van der Waals surface area (Å²) >= 11 is 0. The molecule has 0 aromatic heterocycles. The van der Waals surface area contributed by atoms with Crippen LogP contribution >= 0.6 is 0 Å². The summed E-state index contributed by atoms with van der Waals surface area (Å²) < 4.78 is 0. The number of rotatable bonds is 1. The van der Waals surface area contributed by atoms with Gasteiger partial charge in [0, 0.05) is 19.3 Å². The number of allylic oxidation sites excluding steroid dienone is 2. The van der Waals surface area contributed by atoms with Crippen LogP contribution in [0.3, 0.4) is 0 Å². The molecule has 3 atom stereocenters. The summed E-state index contributed by atoms with van der Waals surface area (Å²) in [6.45, 7) is 1.02. The van der Waals surface area contributed by atoms with Crippen molar-refractivity contribution in [2.75, 3.05) is 13.1 Å². The Labute approximate surface area is 77.2 Å². The zero-order valence-corrected chi connectivity index (χ0v) is 7.22. The van der Waals surface area contributed by atoms with Crippen molar-refractivity contribution in [1.29, 1.82) is 0 Å². The van der Waals surface area contributed by atoms with Crippen molar-refractivity contribution in [3.8, 4) is 0 Å². The monoisotopic (exact) mass is 181 g/mol. The third kappa shape index (κ3) is 1.75. The van der Waals surface area contributed by atoms with Gasteiger partial charge in [0.1, 0.15) is 0 Å². The van der Waals surface area contributed by atoms with Crippen LogP contribution in [0.4, 0.5) is 0 Å². The largest absolute Gasteiger partial charge is 0.389 e. The summed E-state index contributed by atoms with van der Waals surface area (Å²) in [5.41, 5.74) is 0. The first-order chi connectivity index (χ1) is 6.27. The quantitative estimate of drug-likeness (QED) is 0.477. The van der Waals surface area contributed by atoms with E-state index in [0.717, 1.165) is 0 Å². The molecule has 0 aliphatic carbocycles. The number of nitrogens with one attached hydrogen (secondary N) is 1. The van der Waals surface area contributed by atoms with Crippen molar-refractivity contribution in [3.05, 3.63) is 24.4 Å². The maximum absolute atomic E-state index is 9.33. The van der Waals surface area contributed by atoms with E-state index in [9.17, 15) is 10.2 Å². The smallest absolute Gasteiger partial charge is 0.0987 e. The molecule has 0 bridgehead atoms. The Morgan fingerprint density at radius 3 is 2.54 bits per heavy atom. The molecule has 0 aromatic carbocycles. The zero-order chi connectivity index (χ0) is 9.26. The second kappa shape index (κ2) is 3.49. The molecule has 2 rings (SSSR count). The summed E-state index contributed by atoms with van der Waals surface area (Å²) in [6.07, 6.45) is 7.25. The molecule has 0 spiro atoms. The van der Waals surface area contributed by atoms with Gasteiger partial charge in [-0.1, -0.05) is 6.08 Å². The minimum Gasteiger partial charge on any atom is -0.389 e. The van der Waals surface area contributed by atoms with Crippen molar-refractivity contribution in [2.45, 2.75) is 18.4 Å². The molecule has 0 unspecified atom stereocenters.